The zero-order chi connectivity index (χ0) is 6.62. The summed E-state index contributed by atoms with van der Waals surface area (Å²) in [6.07, 6.45) is 1.07. The molecule has 0 saturated heterocycles. The van der Waals surface area contributed by atoms with Gasteiger partial charge < -0.3 is 0 Å². The molecule has 0 aliphatic rings. The maximum absolute atomic E-state index is 5.47. The third-order valence-electron chi connectivity index (χ3n) is 0.594. The van der Waals surface area contributed by atoms with Gasteiger partial charge in [-0.1, -0.05) is 45.9 Å². The van der Waals surface area contributed by atoms with Gasteiger partial charge in [0.2, 0.25) is 0 Å². The van der Waals surface area contributed by atoms with Crippen LogP contribution in [0.1, 0.15) is 6.42 Å². The summed E-state index contributed by atoms with van der Waals surface area (Å²) in [7, 11) is 0. The lowest BCUT2D eigenvalue weighted by Gasteiger charge is -2.05. The van der Waals surface area contributed by atoms with Crippen molar-refractivity contribution in [2.45, 2.75) is 12.5 Å². The van der Waals surface area contributed by atoms with Crippen molar-refractivity contribution in [2.24, 2.45) is 0 Å². The molecule has 5 heteroatoms. The smallest absolute Gasteiger partial charge is 0.127 e. The minimum atomic E-state index is -1.33. The Balaban J connectivity index is 3.11. The maximum atomic E-state index is 5.47. The van der Waals surface area contributed by atoms with Crippen LogP contribution in [0, 0.1) is 0 Å². The first kappa shape index (κ1) is 9.95. The largest absolute Gasteiger partial charge is 0.267 e. The fourth-order valence-electron chi connectivity index (χ4n) is 0.267. The Morgan fingerprint density at radius 1 is 1.25 bits per heavy atom. The molecule has 0 atom stereocenters. The third kappa shape index (κ3) is 7.95. The summed E-state index contributed by atoms with van der Waals surface area (Å²) in [6.45, 7) is 0. The number of hydrogen-bond acceptors (Lipinski definition) is 0. The molecule has 0 radical (unpaired) electrons. The van der Waals surface area contributed by atoms with Crippen LogP contribution in [0.15, 0.2) is 0 Å². The average molecular weight is 345 g/mol. The van der Waals surface area contributed by atoms with Gasteiger partial charge in [0.1, 0.15) is 0 Å². The molecular weight excluding hydrogens is 339 g/mol. The van der Waals surface area contributed by atoms with Crippen LogP contribution in [-0.2, 0) is 0 Å². The fourth-order valence-corrected chi connectivity index (χ4v) is 3.73. The van der Waals surface area contributed by atoms with Gasteiger partial charge in [-0.2, -0.15) is 0 Å². The Labute approximate surface area is 79.1 Å². The third-order valence-corrected chi connectivity index (χ3v) is 5.35. The molecule has 0 N–H and O–H groups in total. The van der Waals surface area contributed by atoms with Gasteiger partial charge in [0.15, 0.2) is 0 Å². The molecule has 0 aromatic rings. The first-order chi connectivity index (χ1) is 3.56. The van der Waals surface area contributed by atoms with E-state index in [4.69, 9.17) is 11.6 Å². The Morgan fingerprint density at radius 2 is 1.75 bits per heavy atom. The van der Waals surface area contributed by atoms with Gasteiger partial charge in [0.25, 0.3) is 3.93 Å². The monoisotopic (exact) mass is 342 g/mol. The van der Waals surface area contributed by atoms with Gasteiger partial charge in [-0.25, -0.2) is 0 Å². The molecule has 0 unspecified atom stereocenters. The van der Waals surface area contributed by atoms with Crippen molar-refractivity contribution >= 4 is 61.4 Å². The standard InChI is InChI=1S/C3H6Br3ClSi/c4-8(5,6)3-1-2-7/h1-3H2. The predicted octanol–water partition coefficient (Wildman–Crippen LogP) is 3.74. The Hall–Kier alpha value is 1.95. The van der Waals surface area contributed by atoms with Crippen LogP contribution in [-0.4, -0.2) is 9.81 Å². The van der Waals surface area contributed by atoms with Crippen LogP contribution in [0.5, 0.6) is 0 Å². The summed E-state index contributed by atoms with van der Waals surface area (Å²) in [6, 6.07) is 1.12. The van der Waals surface area contributed by atoms with Crippen LogP contribution < -0.4 is 0 Å². The van der Waals surface area contributed by atoms with E-state index >= 15 is 0 Å². The number of alkyl halides is 1. The van der Waals surface area contributed by atoms with Crippen molar-refractivity contribution in [3.8, 4) is 0 Å². The SMILES string of the molecule is ClCCC[Si](Br)(Br)Br. The second-order valence-electron chi connectivity index (χ2n) is 1.41. The molecule has 8 heavy (non-hydrogen) atoms. The first-order valence-corrected chi connectivity index (χ1v) is 11.7. The molecule has 0 amide bonds. The minimum absolute atomic E-state index is 0.748. The number of halogens is 4. The molecule has 0 aromatic heterocycles. The number of hydrogen-bond donors (Lipinski definition) is 0. The molecule has 0 bridgehead atoms. The topological polar surface area (TPSA) is 0 Å². The zero-order valence-electron chi connectivity index (χ0n) is 4.13. The second-order valence-corrected chi connectivity index (χ2v) is 25.3. The van der Waals surface area contributed by atoms with E-state index in [-0.39, 0.29) is 0 Å². The summed E-state index contributed by atoms with van der Waals surface area (Å²) in [5.74, 6) is 0.748. The van der Waals surface area contributed by atoms with E-state index in [1.54, 1.807) is 0 Å². The predicted molar refractivity (Wildman–Crippen MR) is 52.7 cm³/mol. The van der Waals surface area contributed by atoms with E-state index in [2.05, 4.69) is 45.9 Å². The lowest BCUT2D eigenvalue weighted by atomic mass is 10.6. The highest BCUT2D eigenvalue weighted by molar-refractivity contribution is 9.72. The molecule has 0 aliphatic heterocycles. The number of rotatable bonds is 3. The molecule has 0 aromatic carbocycles. The molecule has 0 nitrogen and oxygen atoms in total. The lowest BCUT2D eigenvalue weighted by Crippen LogP contribution is -2.04. The highest BCUT2D eigenvalue weighted by Gasteiger charge is 2.20. The molecule has 0 fully saturated rings. The second kappa shape index (κ2) is 4.72. The summed E-state index contributed by atoms with van der Waals surface area (Å²) in [5.41, 5.74) is 0. The first-order valence-electron chi connectivity index (χ1n) is 2.19. The Morgan fingerprint density at radius 3 is 1.88 bits per heavy atom. The van der Waals surface area contributed by atoms with Crippen molar-refractivity contribution in [2.75, 3.05) is 5.88 Å². The van der Waals surface area contributed by atoms with Gasteiger partial charge in [-0.15, -0.1) is 11.6 Å². The van der Waals surface area contributed by atoms with E-state index in [9.17, 15) is 0 Å². The normalized spacial score (nSPS) is 12.0. The fraction of sp³-hybridized carbons (Fsp3) is 1.00. The van der Waals surface area contributed by atoms with Crippen molar-refractivity contribution < 1.29 is 0 Å². The molecule has 50 valence electrons. The lowest BCUT2D eigenvalue weighted by molar-refractivity contribution is 1.09. The van der Waals surface area contributed by atoms with Crippen molar-refractivity contribution in [1.29, 1.82) is 0 Å². The van der Waals surface area contributed by atoms with E-state index in [0.29, 0.717) is 0 Å². The van der Waals surface area contributed by atoms with Crippen molar-refractivity contribution in [3.63, 3.8) is 0 Å². The van der Waals surface area contributed by atoms with E-state index < -0.39 is 3.93 Å². The summed E-state index contributed by atoms with van der Waals surface area (Å²) < 4.78 is -1.33. The van der Waals surface area contributed by atoms with Crippen LogP contribution in [0.3, 0.4) is 0 Å². The quantitative estimate of drug-likeness (QED) is 0.415. The maximum Gasteiger partial charge on any atom is 0.267 e. The highest BCUT2D eigenvalue weighted by Crippen LogP contribution is 2.32. The Kier molecular flexibility index (Phi) is 5.86. The molecule has 0 saturated carbocycles. The zero-order valence-corrected chi connectivity index (χ0v) is 10.6. The molecule has 0 heterocycles. The van der Waals surface area contributed by atoms with Gasteiger partial charge >= 0.3 is 0 Å². The van der Waals surface area contributed by atoms with Crippen LogP contribution in [0.25, 0.3) is 0 Å². The van der Waals surface area contributed by atoms with Crippen LogP contribution in [0.4, 0.5) is 0 Å². The van der Waals surface area contributed by atoms with E-state index in [0.717, 1.165) is 18.3 Å². The van der Waals surface area contributed by atoms with Crippen LogP contribution in [0.2, 0.25) is 6.04 Å². The summed E-state index contributed by atoms with van der Waals surface area (Å²) >= 11 is 15.9. The van der Waals surface area contributed by atoms with Gasteiger partial charge in [-0.05, 0) is 12.5 Å². The van der Waals surface area contributed by atoms with E-state index in [1.807, 2.05) is 0 Å². The molecular formula is C3H6Br3ClSi. The molecule has 0 aliphatic carbocycles. The molecule has 0 rings (SSSR count). The molecule has 0 spiro atoms. The van der Waals surface area contributed by atoms with Crippen molar-refractivity contribution in [3.05, 3.63) is 0 Å². The van der Waals surface area contributed by atoms with Crippen LogP contribution >= 0.6 is 57.5 Å². The van der Waals surface area contributed by atoms with Gasteiger partial charge in [-0.3, -0.25) is 0 Å². The Bertz CT molecular complexity index is 62.0. The minimum Gasteiger partial charge on any atom is -0.127 e. The highest BCUT2D eigenvalue weighted by atomic mass is 80.0. The summed E-state index contributed by atoms with van der Waals surface area (Å²) in [4.78, 5) is 0. The van der Waals surface area contributed by atoms with Crippen molar-refractivity contribution in [1.82, 2.24) is 0 Å². The van der Waals surface area contributed by atoms with Gasteiger partial charge in [0, 0.05) is 5.88 Å². The van der Waals surface area contributed by atoms with E-state index in [1.165, 1.54) is 0 Å². The van der Waals surface area contributed by atoms with Gasteiger partial charge in [0.05, 0.1) is 0 Å². The summed E-state index contributed by atoms with van der Waals surface area (Å²) in [5, 5.41) is 0. The average Bonchev–Trinajstić information content (AvgIpc) is 1.59.